The Morgan fingerprint density at radius 3 is 2.44 bits per heavy atom. The molecule has 0 aromatic heterocycles. The maximum Gasteiger partial charge on any atom is 0.126 e. The largest absolute Gasteiger partial charge is 0.207 e. The highest BCUT2D eigenvalue weighted by Crippen LogP contribution is 2.43. The number of halogens is 3. The van der Waals surface area contributed by atoms with Crippen molar-refractivity contribution in [3.63, 3.8) is 0 Å². The van der Waals surface area contributed by atoms with E-state index in [9.17, 15) is 8.78 Å². The minimum absolute atomic E-state index is 0.175. The molecule has 0 N–H and O–H groups in total. The Labute approximate surface area is 103 Å². The van der Waals surface area contributed by atoms with Crippen LogP contribution in [0.3, 0.4) is 0 Å². The monoisotopic (exact) mass is 288 g/mol. The number of alkyl halides is 1. The molecule has 0 bridgehead atoms. The Morgan fingerprint density at radius 2 is 1.94 bits per heavy atom. The molecule has 3 heteroatoms. The molecule has 2 atom stereocenters. The fourth-order valence-corrected chi connectivity index (χ4v) is 3.62. The molecule has 0 heterocycles. The van der Waals surface area contributed by atoms with Crippen LogP contribution in [0.4, 0.5) is 8.78 Å². The first kappa shape index (κ1) is 12.0. The third-order valence-corrected chi connectivity index (χ3v) is 4.11. The fourth-order valence-electron chi connectivity index (χ4n) is 2.61. The summed E-state index contributed by atoms with van der Waals surface area (Å²) in [6, 6.07) is 3.81. The maximum absolute atomic E-state index is 13.1. The first-order chi connectivity index (χ1) is 7.47. The van der Waals surface area contributed by atoms with Crippen LogP contribution in [-0.4, -0.2) is 4.83 Å². The molecule has 2 rings (SSSR count). The highest BCUT2D eigenvalue weighted by Gasteiger charge is 2.33. The SMILES string of the molecule is CC1(Cc2cc(F)cc(F)c2)CCC(Br)C1. The van der Waals surface area contributed by atoms with Gasteiger partial charge < -0.3 is 0 Å². The van der Waals surface area contributed by atoms with E-state index in [1.807, 2.05) is 0 Å². The molecule has 1 aromatic carbocycles. The van der Waals surface area contributed by atoms with Gasteiger partial charge in [-0.3, -0.25) is 0 Å². The van der Waals surface area contributed by atoms with Gasteiger partial charge in [0.05, 0.1) is 0 Å². The molecule has 0 amide bonds. The van der Waals surface area contributed by atoms with Crippen LogP contribution in [0.1, 0.15) is 31.7 Å². The molecule has 1 saturated carbocycles. The zero-order valence-corrected chi connectivity index (χ0v) is 10.9. The van der Waals surface area contributed by atoms with Gasteiger partial charge in [-0.2, -0.15) is 0 Å². The van der Waals surface area contributed by atoms with Crippen molar-refractivity contribution in [2.45, 2.75) is 37.4 Å². The van der Waals surface area contributed by atoms with Crippen LogP contribution in [0.5, 0.6) is 0 Å². The lowest BCUT2D eigenvalue weighted by molar-refractivity contribution is 0.335. The number of hydrogen-bond donors (Lipinski definition) is 0. The Kier molecular flexibility index (Phi) is 3.34. The predicted octanol–water partition coefficient (Wildman–Crippen LogP) is 4.46. The lowest BCUT2D eigenvalue weighted by Crippen LogP contribution is -2.16. The Hall–Kier alpha value is -0.440. The number of benzene rings is 1. The van der Waals surface area contributed by atoms with Crippen molar-refractivity contribution in [1.29, 1.82) is 0 Å². The van der Waals surface area contributed by atoms with E-state index in [1.54, 1.807) is 0 Å². The summed E-state index contributed by atoms with van der Waals surface area (Å²) >= 11 is 3.61. The molecule has 0 nitrogen and oxygen atoms in total. The zero-order chi connectivity index (χ0) is 11.8. The van der Waals surface area contributed by atoms with Crippen LogP contribution in [0.15, 0.2) is 18.2 Å². The van der Waals surface area contributed by atoms with E-state index in [-0.39, 0.29) is 5.41 Å². The third kappa shape index (κ3) is 2.82. The normalized spacial score (nSPS) is 29.6. The van der Waals surface area contributed by atoms with E-state index in [4.69, 9.17) is 0 Å². The van der Waals surface area contributed by atoms with E-state index in [2.05, 4.69) is 22.9 Å². The molecule has 0 aliphatic heterocycles. The van der Waals surface area contributed by atoms with Gasteiger partial charge in [-0.25, -0.2) is 8.78 Å². The van der Waals surface area contributed by atoms with E-state index in [0.717, 1.165) is 37.3 Å². The van der Waals surface area contributed by atoms with Gasteiger partial charge >= 0.3 is 0 Å². The third-order valence-electron chi connectivity index (χ3n) is 3.33. The second-order valence-electron chi connectivity index (χ2n) is 5.11. The minimum Gasteiger partial charge on any atom is -0.207 e. The Bertz CT molecular complexity index is 371. The van der Waals surface area contributed by atoms with Gasteiger partial charge in [-0.15, -0.1) is 0 Å². The van der Waals surface area contributed by atoms with Crippen LogP contribution in [0, 0.1) is 17.0 Å². The van der Waals surface area contributed by atoms with Gasteiger partial charge in [0.2, 0.25) is 0 Å². The summed E-state index contributed by atoms with van der Waals surface area (Å²) < 4.78 is 26.1. The lowest BCUT2D eigenvalue weighted by atomic mass is 9.82. The standard InChI is InChI=1S/C13H15BrF2/c1-13(3-2-10(14)8-13)7-9-4-11(15)6-12(16)5-9/h4-6,10H,2-3,7-8H2,1H3. The second-order valence-corrected chi connectivity index (χ2v) is 6.40. The first-order valence-electron chi connectivity index (χ1n) is 5.56. The smallest absolute Gasteiger partial charge is 0.126 e. The summed E-state index contributed by atoms with van der Waals surface area (Å²) in [4.78, 5) is 0.552. The summed E-state index contributed by atoms with van der Waals surface area (Å²) in [6.45, 7) is 2.19. The van der Waals surface area contributed by atoms with Gasteiger partial charge in [0.1, 0.15) is 11.6 Å². The molecule has 1 aliphatic carbocycles. The van der Waals surface area contributed by atoms with Gasteiger partial charge in [0, 0.05) is 10.9 Å². The van der Waals surface area contributed by atoms with Crippen molar-refractivity contribution in [3.05, 3.63) is 35.4 Å². The maximum atomic E-state index is 13.1. The van der Waals surface area contributed by atoms with Crippen molar-refractivity contribution >= 4 is 15.9 Å². The average Bonchev–Trinajstić information content (AvgIpc) is 2.43. The first-order valence-corrected chi connectivity index (χ1v) is 6.47. The van der Waals surface area contributed by atoms with Crippen molar-refractivity contribution < 1.29 is 8.78 Å². The van der Waals surface area contributed by atoms with E-state index < -0.39 is 11.6 Å². The molecule has 1 aliphatic rings. The molecular formula is C13H15BrF2. The summed E-state index contributed by atoms with van der Waals surface area (Å²) in [7, 11) is 0. The lowest BCUT2D eigenvalue weighted by Gasteiger charge is -2.23. The molecular weight excluding hydrogens is 274 g/mol. The summed E-state index contributed by atoms with van der Waals surface area (Å²) in [5.74, 6) is -0.959. The second kappa shape index (κ2) is 4.44. The van der Waals surface area contributed by atoms with Crippen LogP contribution in [0.2, 0.25) is 0 Å². The molecule has 0 spiro atoms. The highest BCUT2D eigenvalue weighted by atomic mass is 79.9. The van der Waals surface area contributed by atoms with Gasteiger partial charge in [-0.05, 0) is 48.8 Å². The molecule has 2 unspecified atom stereocenters. The van der Waals surface area contributed by atoms with Crippen LogP contribution in [0.25, 0.3) is 0 Å². The average molecular weight is 289 g/mol. The molecule has 1 aromatic rings. The molecule has 88 valence electrons. The molecule has 0 saturated heterocycles. The van der Waals surface area contributed by atoms with Crippen molar-refractivity contribution in [3.8, 4) is 0 Å². The van der Waals surface area contributed by atoms with E-state index in [1.165, 1.54) is 12.1 Å². The van der Waals surface area contributed by atoms with Crippen molar-refractivity contribution in [2.24, 2.45) is 5.41 Å². The van der Waals surface area contributed by atoms with Crippen molar-refractivity contribution in [1.82, 2.24) is 0 Å². The highest BCUT2D eigenvalue weighted by molar-refractivity contribution is 9.09. The molecule has 16 heavy (non-hydrogen) atoms. The van der Waals surface area contributed by atoms with Crippen LogP contribution >= 0.6 is 15.9 Å². The Balaban J connectivity index is 2.14. The van der Waals surface area contributed by atoms with Gasteiger partial charge in [0.25, 0.3) is 0 Å². The fraction of sp³-hybridized carbons (Fsp3) is 0.538. The topological polar surface area (TPSA) is 0 Å². The molecule has 0 radical (unpaired) electrons. The minimum atomic E-state index is -0.480. The Morgan fingerprint density at radius 1 is 1.31 bits per heavy atom. The van der Waals surface area contributed by atoms with E-state index >= 15 is 0 Å². The van der Waals surface area contributed by atoms with E-state index in [0.29, 0.717) is 4.83 Å². The summed E-state index contributed by atoms with van der Waals surface area (Å²) in [5, 5.41) is 0. The van der Waals surface area contributed by atoms with Crippen LogP contribution < -0.4 is 0 Å². The zero-order valence-electron chi connectivity index (χ0n) is 9.27. The summed E-state index contributed by atoms with van der Waals surface area (Å²) in [5.41, 5.74) is 0.940. The summed E-state index contributed by atoms with van der Waals surface area (Å²) in [6.07, 6.45) is 4.09. The van der Waals surface area contributed by atoms with Crippen molar-refractivity contribution in [2.75, 3.05) is 0 Å². The predicted molar refractivity (Wildman–Crippen MR) is 64.7 cm³/mol. The number of hydrogen-bond acceptors (Lipinski definition) is 0. The number of rotatable bonds is 2. The van der Waals surface area contributed by atoms with Gasteiger partial charge in [-0.1, -0.05) is 22.9 Å². The quantitative estimate of drug-likeness (QED) is 0.705. The van der Waals surface area contributed by atoms with Gasteiger partial charge in [0.15, 0.2) is 0 Å². The molecule has 1 fully saturated rings. The van der Waals surface area contributed by atoms with Crippen LogP contribution in [-0.2, 0) is 6.42 Å².